The van der Waals surface area contributed by atoms with Crippen molar-refractivity contribution < 1.29 is 5.11 Å². The third kappa shape index (κ3) is 2.17. The first-order chi connectivity index (χ1) is 5.74. The molecule has 0 radical (unpaired) electrons. The number of nitrogens with zero attached hydrogens (tertiary/aromatic N) is 2. The molecule has 0 aliphatic heterocycles. The zero-order chi connectivity index (χ0) is 8.97. The number of aliphatic hydroxyl groups excluding tert-OH is 1. The predicted octanol–water partition coefficient (Wildman–Crippen LogP) is -0.0659. The van der Waals surface area contributed by atoms with E-state index in [1.807, 2.05) is 6.92 Å². The van der Waals surface area contributed by atoms with E-state index in [2.05, 4.69) is 4.98 Å². The second-order valence-corrected chi connectivity index (χ2v) is 2.68. The molecule has 0 saturated heterocycles. The van der Waals surface area contributed by atoms with Gasteiger partial charge in [-0.05, 0) is 18.9 Å². The van der Waals surface area contributed by atoms with Crippen LogP contribution < -0.4 is 5.69 Å². The summed E-state index contributed by atoms with van der Waals surface area (Å²) in [4.78, 5) is 14.7. The second-order valence-electron chi connectivity index (χ2n) is 2.68. The molecule has 12 heavy (non-hydrogen) atoms. The molecule has 0 unspecified atom stereocenters. The van der Waals surface area contributed by atoms with Crippen molar-refractivity contribution in [2.45, 2.75) is 19.9 Å². The van der Waals surface area contributed by atoms with Crippen molar-refractivity contribution in [2.75, 3.05) is 6.61 Å². The molecule has 0 amide bonds. The van der Waals surface area contributed by atoms with Crippen LogP contribution in [-0.2, 0) is 6.54 Å². The number of hydrogen-bond acceptors (Lipinski definition) is 3. The van der Waals surface area contributed by atoms with Crippen LogP contribution in [-0.4, -0.2) is 21.3 Å². The fourth-order valence-corrected chi connectivity index (χ4v) is 0.967. The number of rotatable bonds is 3. The Kier molecular flexibility index (Phi) is 2.99. The van der Waals surface area contributed by atoms with Crippen LogP contribution in [0.25, 0.3) is 0 Å². The summed E-state index contributed by atoms with van der Waals surface area (Å²) in [7, 11) is 0. The van der Waals surface area contributed by atoms with E-state index in [0.717, 1.165) is 5.56 Å². The van der Waals surface area contributed by atoms with E-state index >= 15 is 0 Å². The summed E-state index contributed by atoms with van der Waals surface area (Å²) in [6.45, 7) is 2.51. The van der Waals surface area contributed by atoms with Gasteiger partial charge < -0.3 is 5.11 Å². The summed E-state index contributed by atoms with van der Waals surface area (Å²) in [6, 6.07) is 0. The van der Waals surface area contributed by atoms with Crippen molar-refractivity contribution in [3.8, 4) is 0 Å². The average molecular weight is 168 g/mol. The standard InChI is InChI=1S/C8H12N2O2/c1-7-5-9-8(12)10(6-7)3-2-4-11/h5-6,11H,2-4H2,1H3. The molecule has 0 spiro atoms. The van der Waals surface area contributed by atoms with Gasteiger partial charge in [-0.15, -0.1) is 0 Å². The topological polar surface area (TPSA) is 55.1 Å². The molecule has 0 saturated carbocycles. The summed E-state index contributed by atoms with van der Waals surface area (Å²) in [5.41, 5.74) is 0.696. The minimum atomic E-state index is -0.256. The van der Waals surface area contributed by atoms with Crippen LogP contribution in [0.5, 0.6) is 0 Å². The largest absolute Gasteiger partial charge is 0.396 e. The van der Waals surface area contributed by atoms with E-state index in [-0.39, 0.29) is 12.3 Å². The lowest BCUT2D eigenvalue weighted by atomic mass is 10.4. The van der Waals surface area contributed by atoms with Crippen LogP contribution in [0.2, 0.25) is 0 Å². The Hall–Kier alpha value is -1.16. The van der Waals surface area contributed by atoms with Gasteiger partial charge in [0.2, 0.25) is 0 Å². The van der Waals surface area contributed by atoms with Crippen molar-refractivity contribution in [1.29, 1.82) is 0 Å². The molecule has 1 aromatic rings. The Labute approximate surface area is 70.5 Å². The summed E-state index contributed by atoms with van der Waals surface area (Å²) in [5, 5.41) is 8.55. The van der Waals surface area contributed by atoms with Crippen LogP contribution in [0, 0.1) is 6.92 Å². The molecule has 0 bridgehead atoms. The molecular weight excluding hydrogens is 156 g/mol. The van der Waals surface area contributed by atoms with E-state index in [9.17, 15) is 4.79 Å². The van der Waals surface area contributed by atoms with Crippen molar-refractivity contribution in [2.24, 2.45) is 0 Å². The SMILES string of the molecule is Cc1cnc(=O)n(CCCO)c1. The number of hydrogen-bond donors (Lipinski definition) is 1. The van der Waals surface area contributed by atoms with Gasteiger partial charge in [-0.2, -0.15) is 0 Å². The maximum absolute atomic E-state index is 11.0. The first-order valence-corrected chi connectivity index (χ1v) is 3.88. The summed E-state index contributed by atoms with van der Waals surface area (Å²) < 4.78 is 1.51. The monoisotopic (exact) mass is 168 g/mol. The highest BCUT2D eigenvalue weighted by molar-refractivity contribution is 4.99. The average Bonchev–Trinajstić information content (AvgIpc) is 2.07. The van der Waals surface area contributed by atoms with Crippen LogP contribution >= 0.6 is 0 Å². The maximum atomic E-state index is 11.0. The molecule has 0 fully saturated rings. The Morgan fingerprint density at radius 3 is 3.08 bits per heavy atom. The first-order valence-electron chi connectivity index (χ1n) is 3.88. The molecule has 0 atom stereocenters. The van der Waals surface area contributed by atoms with Gasteiger partial charge in [0.05, 0.1) is 0 Å². The van der Waals surface area contributed by atoms with E-state index < -0.39 is 0 Å². The fraction of sp³-hybridized carbons (Fsp3) is 0.500. The van der Waals surface area contributed by atoms with E-state index in [1.165, 1.54) is 10.8 Å². The van der Waals surface area contributed by atoms with Crippen molar-refractivity contribution >= 4 is 0 Å². The van der Waals surface area contributed by atoms with Gasteiger partial charge in [0.15, 0.2) is 0 Å². The number of aliphatic hydroxyl groups is 1. The van der Waals surface area contributed by atoms with Gasteiger partial charge in [-0.25, -0.2) is 9.78 Å². The van der Waals surface area contributed by atoms with Crippen LogP contribution in [0.4, 0.5) is 0 Å². The number of aromatic nitrogens is 2. The lowest BCUT2D eigenvalue weighted by molar-refractivity contribution is 0.278. The summed E-state index contributed by atoms with van der Waals surface area (Å²) >= 11 is 0. The van der Waals surface area contributed by atoms with Gasteiger partial charge in [0.25, 0.3) is 0 Å². The van der Waals surface area contributed by atoms with Crippen molar-refractivity contribution in [1.82, 2.24) is 9.55 Å². The Balaban J connectivity index is 2.83. The second kappa shape index (κ2) is 4.01. The lowest BCUT2D eigenvalue weighted by Gasteiger charge is -2.02. The fourth-order valence-electron chi connectivity index (χ4n) is 0.967. The minimum absolute atomic E-state index is 0.0976. The molecule has 4 nitrogen and oxygen atoms in total. The van der Waals surface area contributed by atoms with Gasteiger partial charge in [0, 0.05) is 25.5 Å². The Morgan fingerprint density at radius 2 is 2.42 bits per heavy atom. The normalized spacial score (nSPS) is 10.2. The van der Waals surface area contributed by atoms with Crippen LogP contribution in [0.1, 0.15) is 12.0 Å². The highest BCUT2D eigenvalue weighted by atomic mass is 16.3. The molecule has 4 heteroatoms. The third-order valence-electron chi connectivity index (χ3n) is 1.54. The zero-order valence-corrected chi connectivity index (χ0v) is 7.03. The first kappa shape index (κ1) is 8.93. The Bertz CT molecular complexity index is 306. The van der Waals surface area contributed by atoms with E-state index in [4.69, 9.17) is 5.11 Å². The van der Waals surface area contributed by atoms with Crippen LogP contribution in [0.3, 0.4) is 0 Å². The van der Waals surface area contributed by atoms with Gasteiger partial charge >= 0.3 is 5.69 Å². The molecular formula is C8H12N2O2. The third-order valence-corrected chi connectivity index (χ3v) is 1.54. The van der Waals surface area contributed by atoms with E-state index in [1.54, 1.807) is 6.20 Å². The Morgan fingerprint density at radius 1 is 1.67 bits per heavy atom. The molecule has 1 rings (SSSR count). The highest BCUT2D eigenvalue weighted by Crippen LogP contribution is 1.90. The zero-order valence-electron chi connectivity index (χ0n) is 7.03. The van der Waals surface area contributed by atoms with Gasteiger partial charge in [0.1, 0.15) is 0 Å². The van der Waals surface area contributed by atoms with Crippen molar-refractivity contribution in [3.63, 3.8) is 0 Å². The molecule has 1 heterocycles. The molecule has 1 aromatic heterocycles. The molecule has 0 aromatic carbocycles. The summed E-state index contributed by atoms with van der Waals surface area (Å²) in [6.07, 6.45) is 3.87. The molecule has 66 valence electrons. The minimum Gasteiger partial charge on any atom is -0.396 e. The van der Waals surface area contributed by atoms with Gasteiger partial charge in [-0.1, -0.05) is 0 Å². The van der Waals surface area contributed by atoms with Crippen LogP contribution in [0.15, 0.2) is 17.2 Å². The smallest absolute Gasteiger partial charge is 0.347 e. The van der Waals surface area contributed by atoms with Gasteiger partial charge in [-0.3, -0.25) is 4.57 Å². The highest BCUT2D eigenvalue weighted by Gasteiger charge is 1.95. The molecule has 0 aliphatic rings. The predicted molar refractivity (Wildman–Crippen MR) is 44.9 cm³/mol. The van der Waals surface area contributed by atoms with E-state index in [0.29, 0.717) is 13.0 Å². The van der Waals surface area contributed by atoms with Crippen molar-refractivity contribution in [3.05, 3.63) is 28.4 Å². The quantitative estimate of drug-likeness (QED) is 0.687. The molecule has 1 N–H and O–H groups in total. The number of aryl methyl sites for hydroxylation is 2. The summed E-state index contributed by atoms with van der Waals surface area (Å²) in [5.74, 6) is 0. The molecule has 0 aliphatic carbocycles. The lowest BCUT2D eigenvalue weighted by Crippen LogP contribution is -2.22. The maximum Gasteiger partial charge on any atom is 0.347 e.